The largest absolute Gasteiger partial charge is 0.338 e. The lowest BCUT2D eigenvalue weighted by atomic mass is 10.1. The highest BCUT2D eigenvalue weighted by Gasteiger charge is 2.15. The van der Waals surface area contributed by atoms with Crippen LogP contribution in [-0.2, 0) is 0 Å². The fourth-order valence-corrected chi connectivity index (χ4v) is 3.98. The summed E-state index contributed by atoms with van der Waals surface area (Å²) in [5.41, 5.74) is 5.56. The molecule has 0 aliphatic carbocycles. The van der Waals surface area contributed by atoms with Gasteiger partial charge in [0, 0.05) is 27.9 Å². The predicted octanol–water partition coefficient (Wildman–Crippen LogP) is 5.28. The van der Waals surface area contributed by atoms with E-state index >= 15 is 0 Å². The van der Waals surface area contributed by atoms with Crippen molar-refractivity contribution >= 4 is 49.3 Å². The van der Waals surface area contributed by atoms with Crippen molar-refractivity contribution in [2.24, 2.45) is 0 Å². The van der Waals surface area contributed by atoms with Gasteiger partial charge in [-0.1, -0.05) is 42.5 Å². The van der Waals surface area contributed by atoms with E-state index in [1.165, 1.54) is 32.6 Å². The second-order valence-corrected chi connectivity index (χ2v) is 6.21. The monoisotopic (exact) mass is 307 g/mol. The van der Waals surface area contributed by atoms with E-state index in [4.69, 9.17) is 0 Å². The molecule has 0 aliphatic rings. The van der Waals surface area contributed by atoms with Crippen molar-refractivity contribution in [2.45, 2.75) is 0 Å². The number of rotatable bonds is 0. The summed E-state index contributed by atoms with van der Waals surface area (Å²) in [5, 5.41) is 5.05. The molecule has 3 aromatic carbocycles. The van der Waals surface area contributed by atoms with Crippen LogP contribution < -0.4 is 0 Å². The van der Waals surface area contributed by atoms with Crippen molar-refractivity contribution in [3.63, 3.8) is 0 Å². The fraction of sp³-hybridized carbons (Fsp3) is 0. The molecule has 0 saturated heterocycles. The van der Waals surface area contributed by atoms with Crippen LogP contribution in [0.1, 0.15) is 0 Å². The van der Waals surface area contributed by atoms with Gasteiger partial charge in [0.05, 0.1) is 16.6 Å². The average molecular weight is 307 g/mol. The normalized spacial score (nSPS) is 12.2. The van der Waals surface area contributed by atoms with Crippen LogP contribution in [0.4, 0.5) is 0 Å². The van der Waals surface area contributed by atoms with Crippen LogP contribution in [0.2, 0.25) is 0 Å². The average Bonchev–Trinajstić information content (AvgIpc) is 2.88. The van der Waals surface area contributed by atoms with Gasteiger partial charge in [0.2, 0.25) is 0 Å². The number of aromatic nitrogens is 3. The molecule has 6 rings (SSSR count). The van der Waals surface area contributed by atoms with Gasteiger partial charge in [-0.3, -0.25) is 0 Å². The second-order valence-electron chi connectivity index (χ2n) is 6.21. The zero-order valence-corrected chi connectivity index (χ0v) is 12.8. The summed E-state index contributed by atoms with van der Waals surface area (Å²) < 4.78 is 2.35. The molecule has 0 radical (unpaired) electrons. The molecule has 0 atom stereocenters. The van der Waals surface area contributed by atoms with Crippen LogP contribution in [0.3, 0.4) is 0 Å². The van der Waals surface area contributed by atoms with Crippen molar-refractivity contribution in [3.05, 3.63) is 72.9 Å². The molecular formula is C21H13N3. The highest BCUT2D eigenvalue weighted by molar-refractivity contribution is 6.22. The fourth-order valence-electron chi connectivity index (χ4n) is 3.98. The third-order valence-electron chi connectivity index (χ3n) is 4.96. The van der Waals surface area contributed by atoms with Crippen LogP contribution in [-0.4, -0.2) is 14.4 Å². The first-order chi connectivity index (χ1) is 11.9. The van der Waals surface area contributed by atoms with Crippen LogP contribution in [0, 0.1) is 0 Å². The molecule has 0 saturated carbocycles. The first-order valence-electron chi connectivity index (χ1n) is 8.09. The molecule has 1 N–H and O–H groups in total. The number of hydrogen-bond acceptors (Lipinski definition) is 1. The maximum Gasteiger partial charge on any atom is 0.154 e. The van der Waals surface area contributed by atoms with E-state index in [2.05, 4.69) is 75.0 Å². The Morgan fingerprint density at radius 3 is 2.67 bits per heavy atom. The Bertz CT molecular complexity index is 1390. The number of aromatic amines is 1. The zero-order valence-electron chi connectivity index (χ0n) is 12.8. The van der Waals surface area contributed by atoms with Crippen LogP contribution in [0.25, 0.3) is 49.3 Å². The summed E-state index contributed by atoms with van der Waals surface area (Å²) in [4.78, 5) is 8.13. The molecular weight excluding hydrogens is 294 g/mol. The Balaban J connectivity index is 2.18. The lowest BCUT2D eigenvalue weighted by Crippen LogP contribution is -1.86. The first-order valence-corrected chi connectivity index (χ1v) is 8.09. The molecule has 3 nitrogen and oxygen atoms in total. The van der Waals surface area contributed by atoms with Gasteiger partial charge in [0.15, 0.2) is 5.65 Å². The summed E-state index contributed by atoms with van der Waals surface area (Å²) in [6.45, 7) is 0. The van der Waals surface area contributed by atoms with E-state index in [1.54, 1.807) is 0 Å². The summed E-state index contributed by atoms with van der Waals surface area (Å²) in [5.74, 6) is 0. The first kappa shape index (κ1) is 12.1. The molecule has 0 bridgehead atoms. The minimum atomic E-state index is 0.892. The van der Waals surface area contributed by atoms with Crippen LogP contribution >= 0.6 is 0 Å². The van der Waals surface area contributed by atoms with Crippen molar-refractivity contribution in [1.82, 2.24) is 14.4 Å². The van der Waals surface area contributed by atoms with Crippen molar-refractivity contribution in [2.75, 3.05) is 0 Å². The van der Waals surface area contributed by atoms with Gasteiger partial charge in [-0.15, -0.1) is 0 Å². The lowest BCUT2D eigenvalue weighted by Gasteiger charge is -2.02. The van der Waals surface area contributed by atoms with E-state index in [-0.39, 0.29) is 0 Å². The molecule has 0 amide bonds. The van der Waals surface area contributed by atoms with Gasteiger partial charge >= 0.3 is 0 Å². The number of pyridine rings is 1. The van der Waals surface area contributed by atoms with Gasteiger partial charge in [-0.2, -0.15) is 0 Å². The number of nitrogens with zero attached hydrogens (tertiary/aromatic N) is 2. The van der Waals surface area contributed by atoms with Crippen molar-refractivity contribution in [3.8, 4) is 0 Å². The minimum absolute atomic E-state index is 0.892. The number of benzene rings is 3. The zero-order chi connectivity index (χ0) is 15.7. The van der Waals surface area contributed by atoms with E-state index in [9.17, 15) is 0 Å². The molecule has 0 aliphatic heterocycles. The quantitative estimate of drug-likeness (QED) is 0.407. The van der Waals surface area contributed by atoms with Gasteiger partial charge in [-0.05, 0) is 29.7 Å². The molecule has 6 aromatic rings. The Morgan fingerprint density at radius 1 is 0.750 bits per heavy atom. The Morgan fingerprint density at radius 2 is 1.67 bits per heavy atom. The Hall–Kier alpha value is -3.33. The van der Waals surface area contributed by atoms with E-state index < -0.39 is 0 Å². The number of para-hydroxylation sites is 1. The predicted molar refractivity (Wildman–Crippen MR) is 99.6 cm³/mol. The number of fused-ring (bicyclic) bond motifs is 5. The standard InChI is InChI=1S/C21H13N3/c1-2-8-17-14(6-1)15-11-10-13-5-3-7-16-19(13)20(15)24(17)18-9-4-12-22-21(18)23-16/h1-12H,(H,22,23). The second kappa shape index (κ2) is 4.15. The summed E-state index contributed by atoms with van der Waals surface area (Å²) in [6, 6.07) is 23.6. The Kier molecular flexibility index (Phi) is 2.10. The molecule has 3 heteroatoms. The van der Waals surface area contributed by atoms with Gasteiger partial charge in [0.25, 0.3) is 0 Å². The molecule has 112 valence electrons. The maximum absolute atomic E-state index is 4.59. The van der Waals surface area contributed by atoms with Crippen LogP contribution in [0.15, 0.2) is 72.9 Å². The number of hydrogen-bond donors (Lipinski definition) is 1. The molecule has 0 spiro atoms. The number of nitrogens with one attached hydrogen (secondary N) is 1. The topological polar surface area (TPSA) is 33.1 Å². The summed E-state index contributed by atoms with van der Waals surface area (Å²) >= 11 is 0. The number of H-pyrrole nitrogens is 1. The molecule has 24 heavy (non-hydrogen) atoms. The summed E-state index contributed by atoms with van der Waals surface area (Å²) in [6.07, 6.45) is 1.84. The van der Waals surface area contributed by atoms with Crippen LogP contribution in [0.5, 0.6) is 0 Å². The third-order valence-corrected chi connectivity index (χ3v) is 4.96. The van der Waals surface area contributed by atoms with Gasteiger partial charge in [0.1, 0.15) is 0 Å². The molecule has 0 fully saturated rings. The van der Waals surface area contributed by atoms with E-state index in [0.29, 0.717) is 0 Å². The van der Waals surface area contributed by atoms with Gasteiger partial charge in [-0.25, -0.2) is 4.98 Å². The highest BCUT2D eigenvalue weighted by Crippen LogP contribution is 2.37. The van der Waals surface area contributed by atoms with Crippen molar-refractivity contribution < 1.29 is 0 Å². The van der Waals surface area contributed by atoms with E-state index in [1.807, 2.05) is 12.3 Å². The highest BCUT2D eigenvalue weighted by atomic mass is 15.0. The maximum atomic E-state index is 4.59. The SMILES string of the molecule is c1cc2ccc3c4ccccc4n4c5cccnc5[nH]c(c1)c2c34. The van der Waals surface area contributed by atoms with E-state index in [0.717, 1.165) is 16.7 Å². The van der Waals surface area contributed by atoms with Crippen molar-refractivity contribution in [1.29, 1.82) is 0 Å². The summed E-state index contributed by atoms with van der Waals surface area (Å²) in [7, 11) is 0. The molecule has 3 heterocycles. The molecule has 0 unspecified atom stereocenters. The Labute approximate surface area is 137 Å². The minimum Gasteiger partial charge on any atom is -0.338 e. The smallest absolute Gasteiger partial charge is 0.154 e. The lowest BCUT2D eigenvalue weighted by molar-refractivity contribution is 1.28. The van der Waals surface area contributed by atoms with Gasteiger partial charge < -0.3 is 9.38 Å². The third kappa shape index (κ3) is 1.35. The molecule has 3 aromatic heterocycles.